The average Bonchev–Trinajstić information content (AvgIpc) is 3.26. The van der Waals surface area contributed by atoms with Crippen molar-refractivity contribution >= 4 is 46.3 Å². The zero-order valence-electron chi connectivity index (χ0n) is 18.0. The summed E-state index contributed by atoms with van der Waals surface area (Å²) in [5.41, 5.74) is -1.30. The van der Waals surface area contributed by atoms with Gasteiger partial charge in [0.2, 0.25) is 0 Å². The number of hydrogen-bond donors (Lipinski definition) is 1. The quantitative estimate of drug-likeness (QED) is 0.302. The number of rotatable bonds is 8. The van der Waals surface area contributed by atoms with E-state index in [4.69, 9.17) is 27.9 Å². The molecule has 0 saturated heterocycles. The van der Waals surface area contributed by atoms with Crippen LogP contribution in [0.1, 0.15) is 41.1 Å². The van der Waals surface area contributed by atoms with Gasteiger partial charge in [-0.15, -0.1) is 11.3 Å². The number of hydrogen-bond acceptors (Lipinski definition) is 4. The molecule has 10 heteroatoms. The molecule has 0 unspecified atom stereocenters. The summed E-state index contributed by atoms with van der Waals surface area (Å²) in [4.78, 5) is 24.9. The number of carboxylic acids is 1. The zero-order chi connectivity index (χ0) is 25.3. The second-order valence-electron chi connectivity index (χ2n) is 7.93. The maximum absolute atomic E-state index is 13.0. The predicted molar refractivity (Wildman–Crippen MR) is 126 cm³/mol. The Morgan fingerprint density at radius 3 is 2.38 bits per heavy atom. The van der Waals surface area contributed by atoms with Crippen LogP contribution in [0.25, 0.3) is 10.4 Å². The highest BCUT2D eigenvalue weighted by Crippen LogP contribution is 2.38. The van der Waals surface area contributed by atoms with Gasteiger partial charge >= 0.3 is 12.1 Å². The third-order valence-corrected chi connectivity index (χ3v) is 7.06. The fourth-order valence-electron chi connectivity index (χ4n) is 3.03. The Hall–Kier alpha value is -2.55. The van der Waals surface area contributed by atoms with Gasteiger partial charge < -0.3 is 9.84 Å². The Balaban J connectivity index is 1.71. The number of ether oxygens (including phenoxy) is 1. The van der Waals surface area contributed by atoms with Gasteiger partial charge in [0.05, 0.1) is 15.5 Å². The van der Waals surface area contributed by atoms with Gasteiger partial charge in [0.25, 0.3) is 0 Å². The van der Waals surface area contributed by atoms with Crippen molar-refractivity contribution in [1.29, 1.82) is 0 Å². The normalized spacial score (nSPS) is 12.0. The van der Waals surface area contributed by atoms with E-state index < -0.39 is 23.3 Å². The average molecular weight is 531 g/mol. The smallest absolute Gasteiger partial charge is 0.416 e. The fourth-order valence-corrected chi connectivity index (χ4v) is 4.47. The summed E-state index contributed by atoms with van der Waals surface area (Å²) < 4.78 is 44.4. The molecular formula is C24H19Cl2F3O4S. The van der Waals surface area contributed by atoms with E-state index in [1.165, 1.54) is 26.0 Å². The number of carbonyl (C=O) groups is 2. The highest BCUT2D eigenvalue weighted by atomic mass is 35.5. The van der Waals surface area contributed by atoms with Gasteiger partial charge in [0.15, 0.2) is 11.4 Å². The maximum atomic E-state index is 13.0. The molecule has 0 saturated carbocycles. The zero-order valence-corrected chi connectivity index (χ0v) is 20.3. The van der Waals surface area contributed by atoms with Gasteiger partial charge in [-0.1, -0.05) is 41.4 Å². The summed E-state index contributed by atoms with van der Waals surface area (Å²) in [6.07, 6.45) is -4.09. The first-order valence-electron chi connectivity index (χ1n) is 9.99. The second kappa shape index (κ2) is 9.98. The first-order chi connectivity index (χ1) is 15.8. The number of Topliss-reactive ketones (excluding diaryl/α,β-unsaturated/α-hetero) is 1. The van der Waals surface area contributed by atoms with Gasteiger partial charge in [0, 0.05) is 11.3 Å². The van der Waals surface area contributed by atoms with Crippen molar-refractivity contribution in [1.82, 2.24) is 0 Å². The van der Waals surface area contributed by atoms with Gasteiger partial charge in [0.1, 0.15) is 10.8 Å². The van der Waals surface area contributed by atoms with Crippen molar-refractivity contribution in [3.05, 3.63) is 74.6 Å². The Kier molecular flexibility index (Phi) is 7.65. The molecule has 4 nitrogen and oxygen atoms in total. The molecule has 0 amide bonds. The van der Waals surface area contributed by atoms with Crippen LogP contribution in [0.3, 0.4) is 0 Å². The van der Waals surface area contributed by atoms with Crippen molar-refractivity contribution < 1.29 is 32.6 Å². The molecule has 0 fully saturated rings. The van der Waals surface area contributed by atoms with Crippen LogP contribution in [0.5, 0.6) is 5.75 Å². The van der Waals surface area contributed by atoms with Gasteiger partial charge in [-0.2, -0.15) is 13.2 Å². The molecule has 34 heavy (non-hydrogen) atoms. The molecule has 3 aromatic rings. The predicted octanol–water partition coefficient (Wildman–Crippen LogP) is 7.80. The summed E-state index contributed by atoms with van der Waals surface area (Å²) in [6.45, 7) is 2.75. The van der Waals surface area contributed by atoms with E-state index in [0.29, 0.717) is 20.9 Å². The molecule has 0 aliphatic rings. The van der Waals surface area contributed by atoms with Crippen LogP contribution in [-0.4, -0.2) is 22.5 Å². The summed E-state index contributed by atoms with van der Waals surface area (Å²) in [5.74, 6) is -1.25. The van der Waals surface area contributed by atoms with E-state index in [1.54, 1.807) is 24.3 Å². The number of halogens is 5. The highest BCUT2D eigenvalue weighted by molar-refractivity contribution is 7.17. The van der Waals surface area contributed by atoms with Crippen molar-refractivity contribution in [2.45, 2.75) is 38.5 Å². The number of thiophene rings is 1. The van der Waals surface area contributed by atoms with Crippen LogP contribution in [0, 0.1) is 0 Å². The number of alkyl halides is 3. The molecule has 2 aromatic carbocycles. The summed E-state index contributed by atoms with van der Waals surface area (Å²) in [7, 11) is 0. The van der Waals surface area contributed by atoms with Gasteiger partial charge in [-0.05, 0) is 61.7 Å². The van der Waals surface area contributed by atoms with E-state index in [0.717, 1.165) is 23.5 Å². The lowest BCUT2D eigenvalue weighted by molar-refractivity contribution is -0.152. The first kappa shape index (κ1) is 26.1. The molecule has 0 aliphatic carbocycles. The van der Waals surface area contributed by atoms with Crippen LogP contribution in [0.4, 0.5) is 13.2 Å². The SMILES string of the molecule is CC(C)(Oc1ccc(CCC(=O)c2ccc(-c3cccc(C(F)(F)F)c3)s2)c(Cl)c1Cl)C(=O)O. The van der Waals surface area contributed by atoms with Crippen molar-refractivity contribution in [3.63, 3.8) is 0 Å². The topological polar surface area (TPSA) is 63.6 Å². The number of aliphatic carboxylic acids is 1. The summed E-state index contributed by atoms with van der Waals surface area (Å²) in [5, 5.41) is 9.41. The third kappa shape index (κ3) is 5.92. The molecule has 180 valence electrons. The van der Waals surface area contributed by atoms with Crippen LogP contribution < -0.4 is 4.74 Å². The number of carbonyl (C=O) groups excluding carboxylic acids is 1. The lowest BCUT2D eigenvalue weighted by atomic mass is 10.1. The number of carboxylic acid groups (broad SMARTS) is 1. The van der Waals surface area contributed by atoms with Crippen molar-refractivity contribution in [2.24, 2.45) is 0 Å². The number of ketones is 1. The highest BCUT2D eigenvalue weighted by Gasteiger charge is 2.31. The van der Waals surface area contributed by atoms with E-state index in [-0.39, 0.29) is 34.4 Å². The number of aryl methyl sites for hydroxylation is 1. The third-order valence-electron chi connectivity index (χ3n) is 4.98. The van der Waals surface area contributed by atoms with E-state index in [9.17, 15) is 27.9 Å². The van der Waals surface area contributed by atoms with Crippen LogP contribution in [0.2, 0.25) is 10.0 Å². The lowest BCUT2D eigenvalue weighted by Crippen LogP contribution is -2.38. The van der Waals surface area contributed by atoms with Gasteiger partial charge in [-0.25, -0.2) is 4.79 Å². The molecule has 0 aliphatic heterocycles. The van der Waals surface area contributed by atoms with Crippen molar-refractivity contribution in [2.75, 3.05) is 0 Å². The minimum atomic E-state index is -4.45. The minimum absolute atomic E-state index is 0.0453. The molecular weight excluding hydrogens is 512 g/mol. The molecule has 1 heterocycles. The van der Waals surface area contributed by atoms with Crippen LogP contribution in [0.15, 0.2) is 48.5 Å². The standard InChI is InChI=1S/C24H19Cl2F3O4S/c1-23(2,22(31)32)33-17-9-7-13(20(25)21(17)26)6-8-16(30)19-11-10-18(34-19)14-4-3-5-15(12-14)24(27,28)29/h3-5,7,9-12H,6,8H2,1-2H3,(H,31,32). The summed E-state index contributed by atoms with van der Waals surface area (Å²) in [6, 6.07) is 11.2. The van der Waals surface area contributed by atoms with E-state index >= 15 is 0 Å². The lowest BCUT2D eigenvalue weighted by Gasteiger charge is -2.23. The van der Waals surface area contributed by atoms with Crippen LogP contribution >= 0.6 is 34.5 Å². The molecule has 0 spiro atoms. The monoisotopic (exact) mass is 530 g/mol. The largest absolute Gasteiger partial charge is 0.478 e. The van der Waals surface area contributed by atoms with Crippen LogP contribution in [-0.2, 0) is 17.4 Å². The first-order valence-corrected chi connectivity index (χ1v) is 11.6. The molecule has 0 atom stereocenters. The molecule has 1 aromatic heterocycles. The molecule has 1 N–H and O–H groups in total. The minimum Gasteiger partial charge on any atom is -0.478 e. The van der Waals surface area contributed by atoms with Gasteiger partial charge in [-0.3, -0.25) is 4.79 Å². The fraction of sp³-hybridized carbons (Fsp3) is 0.250. The molecule has 0 radical (unpaired) electrons. The Labute approximate surface area is 207 Å². The Morgan fingerprint density at radius 2 is 1.74 bits per heavy atom. The van der Waals surface area contributed by atoms with E-state index in [1.807, 2.05) is 0 Å². The molecule has 0 bridgehead atoms. The van der Waals surface area contributed by atoms with Crippen molar-refractivity contribution in [3.8, 4) is 16.2 Å². The summed E-state index contributed by atoms with van der Waals surface area (Å²) >= 11 is 13.7. The Bertz CT molecular complexity index is 1240. The molecule has 3 rings (SSSR count). The number of benzene rings is 2. The maximum Gasteiger partial charge on any atom is 0.416 e. The van der Waals surface area contributed by atoms with E-state index in [2.05, 4.69) is 0 Å². The Morgan fingerprint density at radius 1 is 1.03 bits per heavy atom. The second-order valence-corrected chi connectivity index (χ2v) is 9.77.